The predicted octanol–water partition coefficient (Wildman–Crippen LogP) is 8.91. The van der Waals surface area contributed by atoms with Crippen molar-refractivity contribution in [2.45, 2.75) is 141 Å². The molecule has 1 aromatic carbocycles. The van der Waals surface area contributed by atoms with E-state index in [4.69, 9.17) is 35.0 Å². The number of hydrogen-bond donors (Lipinski definition) is 0. The van der Waals surface area contributed by atoms with E-state index < -0.39 is 60.3 Å². The topological polar surface area (TPSA) is 63.2 Å². The van der Waals surface area contributed by atoms with Gasteiger partial charge in [-0.15, -0.1) is 11.6 Å². The first-order chi connectivity index (χ1) is 20.6. The highest BCUT2D eigenvalue weighted by molar-refractivity contribution is 6.74. The van der Waals surface area contributed by atoms with Crippen molar-refractivity contribution < 1.29 is 28.2 Å². The maximum absolute atomic E-state index is 15.0. The van der Waals surface area contributed by atoms with Crippen molar-refractivity contribution in [3.63, 3.8) is 0 Å². The van der Waals surface area contributed by atoms with Gasteiger partial charge in [-0.25, -0.2) is 0 Å². The Morgan fingerprint density at radius 3 is 2.27 bits per heavy atom. The number of carbonyl (C=O) groups is 1. The maximum Gasteiger partial charge on any atom is 0.192 e. The third-order valence-electron chi connectivity index (χ3n) is 12.3. The van der Waals surface area contributed by atoms with Gasteiger partial charge in [0.25, 0.3) is 0 Å². The first-order valence-electron chi connectivity index (χ1n) is 16.5. The van der Waals surface area contributed by atoms with E-state index in [-0.39, 0.29) is 23.3 Å². The fraction of sp³-hybridized carbons (Fsp3) is 0.703. The van der Waals surface area contributed by atoms with Gasteiger partial charge in [0, 0.05) is 36.8 Å². The smallest absolute Gasteiger partial charge is 0.192 e. The van der Waals surface area contributed by atoms with Gasteiger partial charge < -0.3 is 23.4 Å². The highest BCUT2D eigenvalue weighted by Crippen LogP contribution is 2.66. The second kappa shape index (κ2) is 11.4. The normalized spacial score (nSPS) is 37.2. The van der Waals surface area contributed by atoms with Crippen molar-refractivity contribution in [2.75, 3.05) is 7.11 Å². The highest BCUT2D eigenvalue weighted by Gasteiger charge is 2.71. The lowest BCUT2D eigenvalue weighted by Gasteiger charge is -2.61. The SMILES string of the molecule is C=C1[C@@H](Cl)C[C@H](OC(C)(C)OC)[C@@]2(C)C(=O)CC3=C(C)[C@@H](O[Si](C)(C)C(C)(C)C)C[C@]4(O[C@@H](c5ccccc5)O[C@H]4[C@H]12)C3(C)C. The third kappa shape index (κ3) is 5.46. The molecule has 0 N–H and O–H groups in total. The second-order valence-corrected chi connectivity index (χ2v) is 21.8. The molecule has 2 saturated carbocycles. The summed E-state index contributed by atoms with van der Waals surface area (Å²) in [6.07, 6.45) is -0.569. The highest BCUT2D eigenvalue weighted by atomic mass is 35.5. The Morgan fingerprint density at radius 2 is 1.69 bits per heavy atom. The lowest BCUT2D eigenvalue weighted by atomic mass is 9.48. The standard InChI is InChI=1S/C37H55ClO6Si/c1-22-25-19-28(39)36(10)29(42-35(8,9)40-11)20-26(38)23(2)30(36)31-37(34(25,6)7,21-27(22)44-45(12,13)33(3,4)5)43-32(41-31)24-17-15-14-16-18-24/h14-18,26-27,29-32H,2,19-21H2,1,3-13H3/t26-,27-,29-,30-,31-,32-,36+,37+/m0/s1. The van der Waals surface area contributed by atoms with Gasteiger partial charge in [0.15, 0.2) is 20.4 Å². The molecule has 6 nitrogen and oxygen atoms in total. The van der Waals surface area contributed by atoms with Crippen LogP contribution in [-0.2, 0) is 28.2 Å². The van der Waals surface area contributed by atoms with Crippen molar-refractivity contribution in [3.05, 3.63) is 59.2 Å². The van der Waals surface area contributed by atoms with Crippen LogP contribution in [-0.4, -0.2) is 56.3 Å². The number of rotatable bonds is 6. The third-order valence-corrected chi connectivity index (χ3v) is 17.3. The van der Waals surface area contributed by atoms with E-state index in [2.05, 4.69) is 61.2 Å². The Balaban J connectivity index is 1.76. The molecular formula is C37H55ClO6Si. The largest absolute Gasteiger partial charge is 0.410 e. The molecule has 1 spiro atoms. The molecule has 4 aliphatic rings. The fourth-order valence-electron chi connectivity index (χ4n) is 8.09. The number of Topliss-reactive ketones (excluding diaryl/α,β-unsaturated/α-hetero) is 1. The van der Waals surface area contributed by atoms with Gasteiger partial charge in [-0.1, -0.05) is 82.7 Å². The molecule has 5 rings (SSSR count). The van der Waals surface area contributed by atoms with E-state index >= 15 is 4.79 Å². The summed E-state index contributed by atoms with van der Waals surface area (Å²) in [5.41, 5.74) is 1.59. The fourth-order valence-corrected chi connectivity index (χ4v) is 9.71. The van der Waals surface area contributed by atoms with Crippen LogP contribution >= 0.6 is 11.6 Å². The van der Waals surface area contributed by atoms with Crippen LogP contribution in [0.3, 0.4) is 0 Å². The molecule has 8 atom stereocenters. The molecular weight excluding hydrogens is 604 g/mol. The molecule has 1 aromatic rings. The molecule has 1 aliphatic heterocycles. The van der Waals surface area contributed by atoms with Crippen LogP contribution in [0.25, 0.3) is 0 Å². The summed E-state index contributed by atoms with van der Waals surface area (Å²) in [5.74, 6) is -1.27. The Hall–Kier alpha value is -1.32. The summed E-state index contributed by atoms with van der Waals surface area (Å²) < 4.78 is 34.1. The zero-order chi connectivity index (χ0) is 33.5. The van der Waals surface area contributed by atoms with E-state index in [1.54, 1.807) is 7.11 Å². The van der Waals surface area contributed by atoms with Gasteiger partial charge >= 0.3 is 0 Å². The summed E-state index contributed by atoms with van der Waals surface area (Å²) in [6, 6.07) is 10.1. The van der Waals surface area contributed by atoms with Gasteiger partial charge in [0.1, 0.15) is 11.4 Å². The summed E-state index contributed by atoms with van der Waals surface area (Å²) >= 11 is 7.14. The van der Waals surface area contributed by atoms with E-state index in [1.165, 1.54) is 0 Å². The summed E-state index contributed by atoms with van der Waals surface area (Å²) in [4.78, 5) is 15.0. The average molecular weight is 659 g/mol. The Kier molecular flexibility index (Phi) is 8.86. The zero-order valence-electron chi connectivity index (χ0n) is 29.5. The minimum absolute atomic E-state index is 0.0141. The van der Waals surface area contributed by atoms with Crippen LogP contribution in [0, 0.1) is 16.7 Å². The molecule has 2 bridgehead atoms. The molecule has 8 heteroatoms. The molecule has 45 heavy (non-hydrogen) atoms. The number of methoxy groups -OCH3 is 1. The van der Waals surface area contributed by atoms with Crippen molar-refractivity contribution in [1.82, 2.24) is 0 Å². The molecule has 0 radical (unpaired) electrons. The molecule has 1 saturated heterocycles. The van der Waals surface area contributed by atoms with Gasteiger partial charge in [-0.3, -0.25) is 4.79 Å². The van der Waals surface area contributed by atoms with Crippen LogP contribution in [0.1, 0.15) is 93.4 Å². The number of hydrogen-bond acceptors (Lipinski definition) is 6. The van der Waals surface area contributed by atoms with Crippen LogP contribution in [0.4, 0.5) is 0 Å². The number of ketones is 1. The predicted molar refractivity (Wildman–Crippen MR) is 182 cm³/mol. The number of carbonyl (C=O) groups excluding carboxylic acids is 1. The first-order valence-corrected chi connectivity index (χ1v) is 19.8. The molecule has 250 valence electrons. The van der Waals surface area contributed by atoms with E-state index in [0.717, 1.165) is 22.3 Å². The number of fused-ring (bicyclic) bond motifs is 3. The van der Waals surface area contributed by atoms with E-state index in [9.17, 15) is 0 Å². The van der Waals surface area contributed by atoms with Crippen LogP contribution in [0.2, 0.25) is 18.1 Å². The Labute approximate surface area is 277 Å². The average Bonchev–Trinajstić information content (AvgIpc) is 3.32. The molecule has 0 aromatic heterocycles. The maximum atomic E-state index is 15.0. The van der Waals surface area contributed by atoms with E-state index in [0.29, 0.717) is 12.8 Å². The summed E-state index contributed by atoms with van der Waals surface area (Å²) in [7, 11) is -0.585. The lowest BCUT2D eigenvalue weighted by molar-refractivity contribution is -0.256. The lowest BCUT2D eigenvalue weighted by Crippen LogP contribution is -2.68. The van der Waals surface area contributed by atoms with Crippen LogP contribution in [0.15, 0.2) is 53.6 Å². The quantitative estimate of drug-likeness (QED) is 0.132. The first kappa shape index (κ1) is 35.0. The van der Waals surface area contributed by atoms with Gasteiger partial charge in [0.2, 0.25) is 0 Å². The molecule has 0 unspecified atom stereocenters. The summed E-state index contributed by atoms with van der Waals surface area (Å²) in [5, 5.41) is -0.396. The molecule has 0 amide bonds. The number of ether oxygens (including phenoxy) is 4. The van der Waals surface area contributed by atoms with Crippen molar-refractivity contribution in [1.29, 1.82) is 0 Å². The second-order valence-electron chi connectivity index (χ2n) is 16.5. The number of halogens is 1. The van der Waals surface area contributed by atoms with Crippen molar-refractivity contribution in [2.24, 2.45) is 16.7 Å². The number of alkyl halides is 1. The summed E-state index contributed by atoms with van der Waals surface area (Å²) in [6.45, 7) is 28.3. The van der Waals surface area contributed by atoms with Crippen molar-refractivity contribution >= 4 is 25.7 Å². The van der Waals surface area contributed by atoms with Gasteiger partial charge in [-0.2, -0.15) is 0 Å². The molecule has 1 heterocycles. The Morgan fingerprint density at radius 1 is 1.07 bits per heavy atom. The van der Waals surface area contributed by atoms with Gasteiger partial charge in [-0.05, 0) is 57.8 Å². The van der Waals surface area contributed by atoms with Crippen molar-refractivity contribution in [3.8, 4) is 0 Å². The van der Waals surface area contributed by atoms with Gasteiger partial charge in [0.05, 0.1) is 29.1 Å². The number of benzene rings is 1. The molecule has 3 aliphatic carbocycles. The minimum Gasteiger partial charge on any atom is -0.410 e. The van der Waals surface area contributed by atoms with Crippen LogP contribution < -0.4 is 0 Å². The van der Waals surface area contributed by atoms with E-state index in [1.807, 2.05) is 51.1 Å². The minimum atomic E-state index is -2.21. The monoisotopic (exact) mass is 658 g/mol. The Bertz CT molecular complexity index is 1360. The zero-order valence-corrected chi connectivity index (χ0v) is 31.3. The molecule has 3 fully saturated rings. The van der Waals surface area contributed by atoms with Crippen LogP contribution in [0.5, 0.6) is 0 Å².